The molecule has 1 nitrogen and oxygen atoms in total. The monoisotopic (exact) mass is 379 g/mol. The van der Waals surface area contributed by atoms with Crippen LogP contribution < -0.4 is 0 Å². The molecule has 1 saturated carbocycles. The SMILES string of the molecule is CC/C(=C1\c2ccccc2C2CCC12O)c1ccccc1.[Rh]. The Bertz CT molecular complexity index is 719. The second-order valence-corrected chi connectivity index (χ2v) is 6.18. The molecular weight excluding hydrogens is 359 g/mol. The van der Waals surface area contributed by atoms with Gasteiger partial charge in [-0.3, -0.25) is 0 Å². The number of allylic oxidation sites excluding steroid dienone is 1. The molecule has 2 atom stereocenters. The van der Waals surface area contributed by atoms with Crippen LogP contribution in [-0.4, -0.2) is 10.7 Å². The fraction of sp³-hybridized carbons (Fsp3) is 0.300. The van der Waals surface area contributed by atoms with Crippen molar-refractivity contribution in [3.63, 3.8) is 0 Å². The van der Waals surface area contributed by atoms with Crippen molar-refractivity contribution in [3.8, 4) is 0 Å². The van der Waals surface area contributed by atoms with Gasteiger partial charge in [0.2, 0.25) is 0 Å². The minimum atomic E-state index is -0.634. The Labute approximate surface area is 144 Å². The van der Waals surface area contributed by atoms with E-state index in [4.69, 9.17) is 0 Å². The summed E-state index contributed by atoms with van der Waals surface area (Å²) in [6.07, 6.45) is 2.93. The van der Waals surface area contributed by atoms with E-state index in [0.29, 0.717) is 5.92 Å². The fourth-order valence-electron chi connectivity index (χ4n) is 4.12. The van der Waals surface area contributed by atoms with Crippen molar-refractivity contribution in [1.29, 1.82) is 0 Å². The average Bonchev–Trinajstić information content (AvgIpc) is 2.68. The molecule has 2 aliphatic carbocycles. The summed E-state index contributed by atoms with van der Waals surface area (Å²) in [6, 6.07) is 19.1. The minimum Gasteiger partial charge on any atom is -0.384 e. The summed E-state index contributed by atoms with van der Waals surface area (Å²) in [7, 11) is 0. The summed E-state index contributed by atoms with van der Waals surface area (Å²) in [5.41, 5.74) is 5.69. The van der Waals surface area contributed by atoms with E-state index < -0.39 is 5.60 Å². The van der Waals surface area contributed by atoms with Crippen LogP contribution >= 0.6 is 0 Å². The average molecular weight is 379 g/mol. The van der Waals surface area contributed by atoms with Gasteiger partial charge in [-0.25, -0.2) is 0 Å². The maximum Gasteiger partial charge on any atom is 0.0973 e. The molecule has 1 fully saturated rings. The third kappa shape index (κ3) is 2.05. The molecule has 2 aromatic rings. The first-order valence-corrected chi connectivity index (χ1v) is 7.86. The van der Waals surface area contributed by atoms with E-state index in [2.05, 4.69) is 55.5 Å². The van der Waals surface area contributed by atoms with Gasteiger partial charge >= 0.3 is 0 Å². The van der Waals surface area contributed by atoms with Crippen molar-refractivity contribution in [2.45, 2.75) is 37.7 Å². The second kappa shape index (κ2) is 5.76. The van der Waals surface area contributed by atoms with E-state index in [0.717, 1.165) is 19.3 Å². The maximum atomic E-state index is 11.2. The van der Waals surface area contributed by atoms with Gasteiger partial charge in [-0.05, 0) is 47.1 Å². The van der Waals surface area contributed by atoms with E-state index in [1.807, 2.05) is 6.07 Å². The molecule has 0 amide bonds. The largest absolute Gasteiger partial charge is 0.384 e. The molecule has 0 aromatic heterocycles. The molecule has 0 bridgehead atoms. The van der Waals surface area contributed by atoms with Crippen LogP contribution in [0, 0.1) is 0 Å². The Morgan fingerprint density at radius 2 is 1.77 bits per heavy atom. The van der Waals surface area contributed by atoms with Crippen LogP contribution in [-0.2, 0) is 19.5 Å². The Kier molecular flexibility index (Phi) is 4.10. The van der Waals surface area contributed by atoms with Crippen LogP contribution in [0.3, 0.4) is 0 Å². The van der Waals surface area contributed by atoms with E-state index in [1.165, 1.54) is 27.8 Å². The van der Waals surface area contributed by atoms with Crippen LogP contribution in [0.15, 0.2) is 54.6 Å². The first-order valence-electron chi connectivity index (χ1n) is 7.86. The van der Waals surface area contributed by atoms with Crippen LogP contribution in [0.4, 0.5) is 0 Å². The Morgan fingerprint density at radius 3 is 2.41 bits per heavy atom. The van der Waals surface area contributed by atoms with Crippen molar-refractivity contribution >= 4 is 11.1 Å². The van der Waals surface area contributed by atoms with Gasteiger partial charge in [-0.15, -0.1) is 0 Å². The van der Waals surface area contributed by atoms with Gasteiger partial charge in [-0.1, -0.05) is 61.5 Å². The molecular formula is C20H20ORh. The van der Waals surface area contributed by atoms with Gasteiger partial charge in [0.25, 0.3) is 0 Å². The predicted octanol–water partition coefficient (Wildman–Crippen LogP) is 4.63. The normalized spacial score (nSPS) is 27.3. The first-order chi connectivity index (χ1) is 10.3. The van der Waals surface area contributed by atoms with E-state index in [9.17, 15) is 5.11 Å². The molecule has 2 aliphatic rings. The fourth-order valence-corrected chi connectivity index (χ4v) is 4.12. The summed E-state index contributed by atoms with van der Waals surface area (Å²) >= 11 is 0. The number of hydrogen-bond donors (Lipinski definition) is 1. The molecule has 0 spiro atoms. The van der Waals surface area contributed by atoms with Gasteiger partial charge in [-0.2, -0.15) is 0 Å². The molecule has 2 heteroatoms. The molecule has 0 saturated heterocycles. The smallest absolute Gasteiger partial charge is 0.0973 e. The number of fused-ring (bicyclic) bond motifs is 3. The topological polar surface area (TPSA) is 20.2 Å². The zero-order chi connectivity index (χ0) is 14.4. The molecule has 2 unspecified atom stereocenters. The number of hydrogen-bond acceptors (Lipinski definition) is 1. The Balaban J connectivity index is 0.00000144. The number of benzene rings is 2. The first kappa shape index (κ1) is 15.7. The van der Waals surface area contributed by atoms with Crippen LogP contribution in [0.2, 0.25) is 0 Å². The Hall–Kier alpha value is -1.24. The van der Waals surface area contributed by atoms with Crippen LogP contribution in [0.5, 0.6) is 0 Å². The molecule has 2 aromatic carbocycles. The zero-order valence-electron chi connectivity index (χ0n) is 12.7. The van der Waals surface area contributed by atoms with Crippen molar-refractivity contribution in [3.05, 3.63) is 71.3 Å². The summed E-state index contributed by atoms with van der Waals surface area (Å²) < 4.78 is 0. The summed E-state index contributed by atoms with van der Waals surface area (Å²) in [4.78, 5) is 0. The minimum absolute atomic E-state index is 0. The summed E-state index contributed by atoms with van der Waals surface area (Å²) in [5, 5.41) is 11.2. The van der Waals surface area contributed by atoms with Gasteiger partial charge in [0, 0.05) is 25.4 Å². The van der Waals surface area contributed by atoms with Crippen LogP contribution in [0.1, 0.15) is 48.8 Å². The Morgan fingerprint density at radius 1 is 1.09 bits per heavy atom. The number of aliphatic hydroxyl groups is 1. The summed E-state index contributed by atoms with van der Waals surface area (Å²) in [6.45, 7) is 2.19. The molecule has 115 valence electrons. The summed E-state index contributed by atoms with van der Waals surface area (Å²) in [5.74, 6) is 0.300. The van der Waals surface area contributed by atoms with Gasteiger partial charge in [0.1, 0.15) is 0 Å². The van der Waals surface area contributed by atoms with E-state index in [1.54, 1.807) is 0 Å². The van der Waals surface area contributed by atoms with E-state index >= 15 is 0 Å². The molecule has 1 N–H and O–H groups in total. The third-order valence-corrected chi connectivity index (χ3v) is 5.21. The van der Waals surface area contributed by atoms with Gasteiger partial charge in [0.15, 0.2) is 0 Å². The standard InChI is InChI=1S/C20H20O.Rh/c1-2-15(14-8-4-3-5-9-14)19-17-11-7-6-10-16(17)18-12-13-20(18,19)21;/h3-11,18,21H,2,12-13H2,1H3;/b19-15-;. The molecule has 4 rings (SSSR count). The second-order valence-electron chi connectivity index (χ2n) is 6.18. The molecule has 1 radical (unpaired) electrons. The number of rotatable bonds is 2. The zero-order valence-corrected chi connectivity index (χ0v) is 14.3. The van der Waals surface area contributed by atoms with Gasteiger partial charge in [0.05, 0.1) is 5.60 Å². The maximum absolute atomic E-state index is 11.2. The van der Waals surface area contributed by atoms with Gasteiger partial charge < -0.3 is 5.11 Å². The third-order valence-electron chi connectivity index (χ3n) is 5.21. The van der Waals surface area contributed by atoms with E-state index in [-0.39, 0.29) is 19.5 Å². The van der Waals surface area contributed by atoms with Crippen molar-refractivity contribution in [1.82, 2.24) is 0 Å². The van der Waals surface area contributed by atoms with Crippen molar-refractivity contribution in [2.24, 2.45) is 0 Å². The van der Waals surface area contributed by atoms with Crippen LogP contribution in [0.25, 0.3) is 11.1 Å². The quantitative estimate of drug-likeness (QED) is 0.755. The van der Waals surface area contributed by atoms with Crippen molar-refractivity contribution < 1.29 is 24.6 Å². The molecule has 0 heterocycles. The van der Waals surface area contributed by atoms with Crippen molar-refractivity contribution in [2.75, 3.05) is 0 Å². The molecule has 0 aliphatic heterocycles. The predicted molar refractivity (Wildman–Crippen MR) is 86.9 cm³/mol. The molecule has 22 heavy (non-hydrogen) atoms.